The van der Waals surface area contributed by atoms with E-state index in [2.05, 4.69) is 22.8 Å². The van der Waals surface area contributed by atoms with Gasteiger partial charge in [-0.1, -0.05) is 35.3 Å². The second kappa shape index (κ2) is 8.38. The zero-order valence-corrected chi connectivity index (χ0v) is 16.8. The molecule has 0 unspecified atom stereocenters. The number of nitrogens with zero attached hydrogens (tertiary/aromatic N) is 1. The summed E-state index contributed by atoms with van der Waals surface area (Å²) in [7, 11) is 0. The molecule has 1 fully saturated rings. The van der Waals surface area contributed by atoms with Gasteiger partial charge in [-0.15, -0.1) is 12.6 Å². The van der Waals surface area contributed by atoms with Crippen molar-refractivity contribution < 1.29 is 4.79 Å². The van der Waals surface area contributed by atoms with E-state index >= 15 is 0 Å². The van der Waals surface area contributed by atoms with Crippen molar-refractivity contribution in [3.8, 4) is 0 Å². The van der Waals surface area contributed by atoms with Gasteiger partial charge in [0, 0.05) is 17.3 Å². The summed E-state index contributed by atoms with van der Waals surface area (Å²) in [5.74, 6) is 0.198. The van der Waals surface area contributed by atoms with Crippen LogP contribution in [-0.2, 0) is 4.79 Å². The molecule has 1 heterocycles. The Hall–Kier alpha value is -1.62. The average Bonchev–Trinajstić information content (AvgIpc) is 3.12. The molecule has 1 N–H and O–H groups in total. The normalized spacial score (nSPS) is 17.5. The maximum absolute atomic E-state index is 11.9. The van der Waals surface area contributed by atoms with E-state index < -0.39 is 0 Å². The van der Waals surface area contributed by atoms with E-state index in [0.29, 0.717) is 10.0 Å². The van der Waals surface area contributed by atoms with E-state index in [4.69, 9.17) is 23.2 Å². The fourth-order valence-corrected chi connectivity index (χ4v) is 3.74. The molecule has 2 aromatic rings. The maximum Gasteiger partial charge on any atom is 0.152 e. The molecule has 1 atom stereocenters. The lowest BCUT2D eigenvalue weighted by atomic mass is 10.1. The predicted octanol–water partition coefficient (Wildman–Crippen LogP) is 5.89. The van der Waals surface area contributed by atoms with Crippen LogP contribution in [0, 0.1) is 0 Å². The van der Waals surface area contributed by atoms with Crippen molar-refractivity contribution in [2.24, 2.45) is 0 Å². The number of Topliss-reactive ketones (excluding diaryl/α,β-unsaturated/α-hetero) is 1. The number of rotatable bonds is 5. The minimum Gasteiger partial charge on any atom is -0.361 e. The summed E-state index contributed by atoms with van der Waals surface area (Å²) in [6.07, 6.45) is 1.91. The summed E-state index contributed by atoms with van der Waals surface area (Å²) in [4.78, 5) is 14.1. The lowest BCUT2D eigenvalue weighted by molar-refractivity contribution is -0.118. The van der Waals surface area contributed by atoms with Crippen molar-refractivity contribution >= 4 is 58.7 Å². The molecule has 3 rings (SSSR count). The van der Waals surface area contributed by atoms with Gasteiger partial charge in [-0.3, -0.25) is 4.79 Å². The smallest absolute Gasteiger partial charge is 0.152 e. The number of carbonyl (C=O) groups excluding carboxylic acids is 1. The second-order valence-corrected chi connectivity index (χ2v) is 7.40. The molecule has 26 heavy (non-hydrogen) atoms. The molecule has 136 valence electrons. The number of thiol groups is 1. The van der Waals surface area contributed by atoms with Gasteiger partial charge in [0.1, 0.15) is 0 Å². The van der Waals surface area contributed by atoms with Crippen molar-refractivity contribution in [3.05, 3.63) is 63.5 Å². The van der Waals surface area contributed by atoms with Crippen LogP contribution in [0.2, 0.25) is 10.0 Å². The standard InChI is InChI=1S/C20H20Cl2N2OS/c1-13(25)20-3-2-10-24(20)16-8-9-17(22)18(11-16)23-19(12-26)14-4-6-15(21)7-5-14/h4-9,11-12,20,23,26H,2-3,10H2,1H3/b19-12-/t20-/m0/s1. The molecule has 6 heteroatoms. The topological polar surface area (TPSA) is 32.3 Å². The number of halogens is 2. The fourth-order valence-electron chi connectivity index (χ4n) is 3.24. The van der Waals surface area contributed by atoms with Gasteiger partial charge in [0.15, 0.2) is 5.78 Å². The largest absolute Gasteiger partial charge is 0.361 e. The van der Waals surface area contributed by atoms with E-state index in [-0.39, 0.29) is 11.8 Å². The van der Waals surface area contributed by atoms with Gasteiger partial charge in [0.2, 0.25) is 0 Å². The Morgan fingerprint density at radius 1 is 1.23 bits per heavy atom. The average molecular weight is 407 g/mol. The van der Waals surface area contributed by atoms with Gasteiger partial charge < -0.3 is 10.2 Å². The van der Waals surface area contributed by atoms with Crippen LogP contribution in [0.5, 0.6) is 0 Å². The van der Waals surface area contributed by atoms with E-state index in [9.17, 15) is 4.79 Å². The molecule has 0 spiro atoms. The molecule has 0 saturated carbocycles. The summed E-state index contributed by atoms with van der Waals surface area (Å²) in [5.41, 5.74) is 3.53. The van der Waals surface area contributed by atoms with Crippen molar-refractivity contribution in [1.29, 1.82) is 0 Å². The molecular formula is C20H20Cl2N2OS. The van der Waals surface area contributed by atoms with Crippen molar-refractivity contribution in [2.45, 2.75) is 25.8 Å². The Morgan fingerprint density at radius 3 is 2.62 bits per heavy atom. The Bertz CT molecular complexity index is 836. The number of ketones is 1. The van der Waals surface area contributed by atoms with E-state index in [1.54, 1.807) is 12.3 Å². The number of carbonyl (C=O) groups is 1. The summed E-state index contributed by atoms with van der Waals surface area (Å²) >= 11 is 16.7. The highest BCUT2D eigenvalue weighted by Crippen LogP contribution is 2.34. The number of benzene rings is 2. The number of nitrogens with one attached hydrogen (secondary N) is 1. The van der Waals surface area contributed by atoms with Gasteiger partial charge in [0.25, 0.3) is 0 Å². The highest BCUT2D eigenvalue weighted by molar-refractivity contribution is 7.83. The third-order valence-corrected chi connectivity index (χ3v) is 5.40. The summed E-state index contributed by atoms with van der Waals surface area (Å²) in [6, 6.07) is 13.2. The fraction of sp³-hybridized carbons (Fsp3) is 0.250. The number of hydrogen-bond acceptors (Lipinski definition) is 4. The molecule has 0 bridgehead atoms. The zero-order valence-electron chi connectivity index (χ0n) is 14.4. The van der Waals surface area contributed by atoms with Crippen molar-refractivity contribution in [1.82, 2.24) is 0 Å². The van der Waals surface area contributed by atoms with Crippen LogP contribution in [-0.4, -0.2) is 18.4 Å². The molecule has 0 radical (unpaired) electrons. The molecule has 1 aliphatic rings. The minimum absolute atomic E-state index is 0.0554. The van der Waals surface area contributed by atoms with Gasteiger partial charge in [-0.2, -0.15) is 0 Å². The Kier molecular flexibility index (Phi) is 6.17. The third kappa shape index (κ3) is 4.20. The third-order valence-electron chi connectivity index (χ3n) is 4.56. The lowest BCUT2D eigenvalue weighted by Gasteiger charge is -2.26. The molecule has 2 aromatic carbocycles. The first-order chi connectivity index (χ1) is 12.5. The lowest BCUT2D eigenvalue weighted by Crippen LogP contribution is -2.34. The summed E-state index contributed by atoms with van der Waals surface area (Å²) in [5, 5.41) is 6.32. The highest BCUT2D eigenvalue weighted by Gasteiger charge is 2.28. The molecule has 1 saturated heterocycles. The van der Waals surface area contributed by atoms with Crippen LogP contribution in [0.4, 0.5) is 11.4 Å². The Labute approximate surface area is 169 Å². The van der Waals surface area contributed by atoms with Crippen molar-refractivity contribution in [3.63, 3.8) is 0 Å². The minimum atomic E-state index is -0.0554. The van der Waals surface area contributed by atoms with Crippen LogP contribution < -0.4 is 10.2 Å². The van der Waals surface area contributed by atoms with Crippen LogP contribution in [0.25, 0.3) is 5.70 Å². The molecule has 1 aliphatic heterocycles. The molecule has 3 nitrogen and oxygen atoms in total. The predicted molar refractivity (Wildman–Crippen MR) is 115 cm³/mol. The number of hydrogen-bond donors (Lipinski definition) is 2. The van der Waals surface area contributed by atoms with Crippen molar-refractivity contribution in [2.75, 3.05) is 16.8 Å². The second-order valence-electron chi connectivity index (χ2n) is 6.30. The first kappa shape index (κ1) is 19.2. The molecule has 0 aromatic heterocycles. The van der Waals surface area contributed by atoms with Gasteiger partial charge in [-0.05, 0) is 61.1 Å². The zero-order chi connectivity index (χ0) is 18.7. The monoisotopic (exact) mass is 406 g/mol. The SMILES string of the molecule is CC(=O)[C@@H]1CCCN1c1ccc(Cl)c(N/C(=C\S)c2ccc(Cl)cc2)c1. The van der Waals surface area contributed by atoms with E-state index in [1.165, 1.54) is 0 Å². The summed E-state index contributed by atoms with van der Waals surface area (Å²) in [6.45, 7) is 2.53. The van der Waals surface area contributed by atoms with Crippen LogP contribution in [0.1, 0.15) is 25.3 Å². The Morgan fingerprint density at radius 2 is 1.96 bits per heavy atom. The highest BCUT2D eigenvalue weighted by atomic mass is 35.5. The van der Waals surface area contributed by atoms with E-state index in [1.807, 2.05) is 42.5 Å². The number of anilines is 2. The summed E-state index contributed by atoms with van der Waals surface area (Å²) < 4.78 is 0. The van der Waals surface area contributed by atoms with Gasteiger partial charge in [0.05, 0.1) is 22.4 Å². The molecular weight excluding hydrogens is 387 g/mol. The first-order valence-corrected chi connectivity index (χ1v) is 9.71. The Balaban J connectivity index is 1.88. The first-order valence-electron chi connectivity index (χ1n) is 8.43. The molecule has 0 amide bonds. The quantitative estimate of drug-likeness (QED) is 0.606. The van der Waals surface area contributed by atoms with E-state index in [0.717, 1.165) is 42.0 Å². The van der Waals surface area contributed by atoms with Gasteiger partial charge >= 0.3 is 0 Å². The van der Waals surface area contributed by atoms with Crippen LogP contribution in [0.15, 0.2) is 47.9 Å². The van der Waals surface area contributed by atoms with Crippen LogP contribution in [0.3, 0.4) is 0 Å². The van der Waals surface area contributed by atoms with Crippen LogP contribution >= 0.6 is 35.8 Å². The van der Waals surface area contributed by atoms with Gasteiger partial charge in [-0.25, -0.2) is 0 Å². The molecule has 0 aliphatic carbocycles. The maximum atomic E-state index is 11.9.